The van der Waals surface area contributed by atoms with Gasteiger partial charge < -0.3 is 5.73 Å². The number of nitrogens with zero attached hydrogens (tertiary/aromatic N) is 1. The van der Waals surface area contributed by atoms with Crippen molar-refractivity contribution in [2.45, 2.75) is 6.54 Å². The van der Waals surface area contributed by atoms with E-state index in [-0.39, 0.29) is 0 Å². The standard InChI is InChI=1S/C9H7N.C8H9NO/c1-2-6-9-8(4-1)5-3-7-10-9;9-5-7-2-1-3-8(4-7)6-10/h1-7H;1-4,6H,5,9H2. The summed E-state index contributed by atoms with van der Waals surface area (Å²) >= 11 is 0. The number of rotatable bonds is 2. The maximum absolute atomic E-state index is 10.2. The second kappa shape index (κ2) is 7.16. The summed E-state index contributed by atoms with van der Waals surface area (Å²) in [7, 11) is 0. The Hall–Kier alpha value is -2.52. The van der Waals surface area contributed by atoms with Crippen LogP contribution in [0.3, 0.4) is 0 Å². The average Bonchev–Trinajstić information content (AvgIpc) is 2.55. The van der Waals surface area contributed by atoms with Crippen LogP contribution in [-0.4, -0.2) is 11.3 Å². The summed E-state index contributed by atoms with van der Waals surface area (Å²) in [6.07, 6.45) is 2.63. The average molecular weight is 264 g/mol. The summed E-state index contributed by atoms with van der Waals surface area (Å²) in [5.41, 5.74) is 8.09. The normalized spacial score (nSPS) is 9.65. The Kier molecular flexibility index (Phi) is 4.98. The van der Waals surface area contributed by atoms with Crippen LogP contribution >= 0.6 is 0 Å². The predicted molar refractivity (Wildman–Crippen MR) is 81.5 cm³/mol. The lowest BCUT2D eigenvalue weighted by Crippen LogP contribution is -1.96. The second-order valence-corrected chi connectivity index (χ2v) is 4.26. The lowest BCUT2D eigenvalue weighted by molar-refractivity contribution is 0.112. The number of fused-ring (bicyclic) bond motifs is 1. The molecule has 0 atom stereocenters. The largest absolute Gasteiger partial charge is 0.326 e. The van der Waals surface area contributed by atoms with Gasteiger partial charge in [-0.3, -0.25) is 9.78 Å². The first-order valence-corrected chi connectivity index (χ1v) is 6.37. The van der Waals surface area contributed by atoms with Crippen LogP contribution in [0.5, 0.6) is 0 Å². The smallest absolute Gasteiger partial charge is 0.150 e. The number of carbonyl (C=O) groups is 1. The first-order chi connectivity index (χ1) is 9.83. The molecule has 0 unspecified atom stereocenters. The molecule has 0 radical (unpaired) electrons. The van der Waals surface area contributed by atoms with Crippen molar-refractivity contribution in [2.24, 2.45) is 5.73 Å². The van der Waals surface area contributed by atoms with Gasteiger partial charge in [-0.15, -0.1) is 0 Å². The molecule has 3 nitrogen and oxygen atoms in total. The van der Waals surface area contributed by atoms with Crippen molar-refractivity contribution in [3.63, 3.8) is 0 Å². The van der Waals surface area contributed by atoms with Gasteiger partial charge in [-0.05, 0) is 23.8 Å². The molecular weight excluding hydrogens is 248 g/mol. The molecule has 0 spiro atoms. The highest BCUT2D eigenvalue weighted by molar-refractivity contribution is 5.77. The maximum Gasteiger partial charge on any atom is 0.150 e. The van der Waals surface area contributed by atoms with Crippen LogP contribution in [0.25, 0.3) is 10.9 Å². The first-order valence-electron chi connectivity index (χ1n) is 6.37. The number of hydrogen-bond donors (Lipinski definition) is 1. The number of pyridine rings is 1. The number of carbonyl (C=O) groups excluding carboxylic acids is 1. The number of nitrogens with two attached hydrogens (primary N) is 1. The van der Waals surface area contributed by atoms with Gasteiger partial charge in [0.1, 0.15) is 6.29 Å². The molecule has 100 valence electrons. The molecule has 0 aliphatic heterocycles. The van der Waals surface area contributed by atoms with Crippen LogP contribution in [0.2, 0.25) is 0 Å². The van der Waals surface area contributed by atoms with Crippen LogP contribution in [0.1, 0.15) is 15.9 Å². The Morgan fingerprint density at radius 2 is 1.80 bits per heavy atom. The van der Waals surface area contributed by atoms with E-state index in [4.69, 9.17) is 5.73 Å². The van der Waals surface area contributed by atoms with Gasteiger partial charge in [0.25, 0.3) is 0 Å². The Morgan fingerprint density at radius 3 is 2.55 bits per heavy atom. The van der Waals surface area contributed by atoms with Gasteiger partial charge in [-0.1, -0.05) is 42.5 Å². The SMILES string of the molecule is NCc1cccc(C=O)c1.c1ccc2ncccc2c1. The molecule has 0 aliphatic carbocycles. The topological polar surface area (TPSA) is 56.0 Å². The fourth-order valence-electron chi connectivity index (χ4n) is 1.81. The zero-order valence-corrected chi connectivity index (χ0v) is 11.1. The summed E-state index contributed by atoms with van der Waals surface area (Å²) in [6.45, 7) is 0.488. The highest BCUT2D eigenvalue weighted by Gasteiger charge is 1.90. The third-order valence-corrected chi connectivity index (χ3v) is 2.84. The molecule has 3 rings (SSSR count). The fraction of sp³-hybridized carbons (Fsp3) is 0.0588. The third-order valence-electron chi connectivity index (χ3n) is 2.84. The van der Waals surface area contributed by atoms with Crippen LogP contribution in [-0.2, 0) is 6.54 Å². The number of aldehydes is 1. The molecule has 20 heavy (non-hydrogen) atoms. The van der Waals surface area contributed by atoms with E-state index in [9.17, 15) is 4.79 Å². The number of para-hydroxylation sites is 1. The van der Waals surface area contributed by atoms with E-state index in [1.165, 1.54) is 5.39 Å². The van der Waals surface area contributed by atoms with E-state index in [1.54, 1.807) is 12.1 Å². The van der Waals surface area contributed by atoms with E-state index >= 15 is 0 Å². The number of benzene rings is 2. The molecule has 2 aromatic carbocycles. The molecular formula is C17H16N2O. The summed E-state index contributed by atoms with van der Waals surface area (Å²) in [6, 6.07) is 19.3. The minimum atomic E-state index is 0.488. The lowest BCUT2D eigenvalue weighted by atomic mass is 10.1. The van der Waals surface area contributed by atoms with Crippen molar-refractivity contribution in [3.8, 4) is 0 Å². The predicted octanol–water partition coefficient (Wildman–Crippen LogP) is 3.19. The fourth-order valence-corrected chi connectivity index (χ4v) is 1.81. The summed E-state index contributed by atoms with van der Waals surface area (Å²) in [5.74, 6) is 0. The first kappa shape index (κ1) is 13.9. The van der Waals surface area contributed by atoms with Crippen molar-refractivity contribution in [2.75, 3.05) is 0 Å². The molecule has 3 aromatic rings. The quantitative estimate of drug-likeness (QED) is 0.723. The molecule has 3 heteroatoms. The zero-order valence-electron chi connectivity index (χ0n) is 11.1. The highest BCUT2D eigenvalue weighted by atomic mass is 16.1. The molecule has 0 saturated heterocycles. The van der Waals surface area contributed by atoms with Gasteiger partial charge >= 0.3 is 0 Å². The number of hydrogen-bond acceptors (Lipinski definition) is 3. The minimum Gasteiger partial charge on any atom is -0.326 e. The van der Waals surface area contributed by atoms with Crippen molar-refractivity contribution >= 4 is 17.2 Å². The van der Waals surface area contributed by atoms with Gasteiger partial charge in [0, 0.05) is 23.7 Å². The lowest BCUT2D eigenvalue weighted by Gasteiger charge is -1.94. The Labute approximate surface area is 118 Å². The third kappa shape index (κ3) is 3.73. The van der Waals surface area contributed by atoms with Crippen LogP contribution < -0.4 is 5.73 Å². The minimum absolute atomic E-state index is 0.488. The van der Waals surface area contributed by atoms with Crippen LogP contribution in [0.4, 0.5) is 0 Å². The molecule has 1 heterocycles. The monoisotopic (exact) mass is 264 g/mol. The van der Waals surface area contributed by atoms with Gasteiger partial charge in [-0.2, -0.15) is 0 Å². The molecule has 0 amide bonds. The molecule has 0 fully saturated rings. The molecule has 1 aromatic heterocycles. The maximum atomic E-state index is 10.2. The van der Waals surface area contributed by atoms with E-state index in [1.807, 2.05) is 42.6 Å². The van der Waals surface area contributed by atoms with Crippen molar-refractivity contribution in [1.82, 2.24) is 4.98 Å². The van der Waals surface area contributed by atoms with Crippen molar-refractivity contribution in [1.29, 1.82) is 0 Å². The van der Waals surface area contributed by atoms with Crippen LogP contribution in [0.15, 0.2) is 66.9 Å². The molecule has 0 aliphatic rings. The second-order valence-electron chi connectivity index (χ2n) is 4.26. The van der Waals surface area contributed by atoms with Gasteiger partial charge in [-0.25, -0.2) is 0 Å². The van der Waals surface area contributed by atoms with E-state index in [0.29, 0.717) is 12.1 Å². The summed E-state index contributed by atoms with van der Waals surface area (Å²) < 4.78 is 0. The van der Waals surface area contributed by atoms with E-state index < -0.39 is 0 Å². The van der Waals surface area contributed by atoms with Crippen molar-refractivity contribution < 1.29 is 4.79 Å². The summed E-state index contributed by atoms with van der Waals surface area (Å²) in [5, 5.41) is 1.20. The van der Waals surface area contributed by atoms with Crippen LogP contribution in [0, 0.1) is 0 Å². The molecule has 2 N–H and O–H groups in total. The van der Waals surface area contributed by atoms with E-state index in [2.05, 4.69) is 17.1 Å². The van der Waals surface area contributed by atoms with Gasteiger partial charge in [0.15, 0.2) is 0 Å². The Bertz CT molecular complexity index is 630. The Balaban J connectivity index is 0.000000147. The molecule has 0 bridgehead atoms. The number of aromatic nitrogens is 1. The van der Waals surface area contributed by atoms with Crippen molar-refractivity contribution in [3.05, 3.63) is 78.0 Å². The summed E-state index contributed by atoms with van der Waals surface area (Å²) in [4.78, 5) is 14.4. The Morgan fingerprint density at radius 1 is 1.00 bits per heavy atom. The van der Waals surface area contributed by atoms with E-state index in [0.717, 1.165) is 17.4 Å². The van der Waals surface area contributed by atoms with Gasteiger partial charge in [0.2, 0.25) is 0 Å². The highest BCUT2D eigenvalue weighted by Crippen LogP contribution is 2.07. The molecule has 0 saturated carbocycles. The zero-order chi connectivity index (χ0) is 14.2. The van der Waals surface area contributed by atoms with Gasteiger partial charge in [0.05, 0.1) is 5.52 Å².